The lowest BCUT2D eigenvalue weighted by atomic mass is 10.3. The van der Waals surface area contributed by atoms with Gasteiger partial charge in [0.15, 0.2) is 5.82 Å². The van der Waals surface area contributed by atoms with Gasteiger partial charge in [0, 0.05) is 38.8 Å². The molecule has 0 saturated carbocycles. The Bertz CT molecular complexity index is 845. The van der Waals surface area contributed by atoms with Gasteiger partial charge in [0.2, 0.25) is 11.8 Å². The van der Waals surface area contributed by atoms with E-state index in [0.717, 1.165) is 0 Å². The number of rotatable bonds is 11. The van der Waals surface area contributed by atoms with Gasteiger partial charge >= 0.3 is 5.97 Å². The summed E-state index contributed by atoms with van der Waals surface area (Å²) in [7, 11) is 1.49. The van der Waals surface area contributed by atoms with E-state index >= 15 is 0 Å². The molecule has 0 aliphatic heterocycles. The van der Waals surface area contributed by atoms with E-state index in [1.165, 1.54) is 7.05 Å². The van der Waals surface area contributed by atoms with E-state index in [1.807, 2.05) is 0 Å². The second-order valence-electron chi connectivity index (χ2n) is 5.87. The van der Waals surface area contributed by atoms with Crippen LogP contribution in [0.1, 0.15) is 12.8 Å². The molecule has 29 heavy (non-hydrogen) atoms. The minimum atomic E-state index is -0.919. The summed E-state index contributed by atoms with van der Waals surface area (Å²) in [4.78, 5) is 46.6. The molecular formula is C18H23N7O4. The van der Waals surface area contributed by atoms with Crippen molar-refractivity contribution in [3.63, 3.8) is 0 Å². The summed E-state index contributed by atoms with van der Waals surface area (Å²) < 4.78 is 0. The van der Waals surface area contributed by atoms with Gasteiger partial charge < -0.3 is 26.4 Å². The third kappa shape index (κ3) is 7.79. The molecule has 0 spiro atoms. The lowest BCUT2D eigenvalue weighted by molar-refractivity contribution is -0.136. The SMILES string of the molecule is CNC(=O)CNC(=O)CCNc1cc(NCCC(=O)O)nc(-c2ccccn2)n1. The molecule has 0 bridgehead atoms. The summed E-state index contributed by atoms with van der Waals surface area (Å²) in [6, 6.07) is 6.96. The molecule has 11 nitrogen and oxygen atoms in total. The molecule has 5 N–H and O–H groups in total. The topological polar surface area (TPSA) is 158 Å². The van der Waals surface area contributed by atoms with Gasteiger partial charge in [-0.05, 0) is 12.1 Å². The Balaban J connectivity index is 2.02. The molecule has 2 rings (SSSR count). The van der Waals surface area contributed by atoms with Gasteiger partial charge in [0.1, 0.15) is 17.3 Å². The molecular weight excluding hydrogens is 378 g/mol. The van der Waals surface area contributed by atoms with Crippen molar-refractivity contribution < 1.29 is 19.5 Å². The second-order valence-corrected chi connectivity index (χ2v) is 5.87. The number of aliphatic carboxylic acids is 1. The van der Waals surface area contributed by atoms with E-state index in [4.69, 9.17) is 5.11 Å². The number of carboxylic acids is 1. The van der Waals surface area contributed by atoms with Crippen molar-refractivity contribution in [2.75, 3.05) is 37.3 Å². The van der Waals surface area contributed by atoms with Crippen LogP contribution in [0.2, 0.25) is 0 Å². The molecule has 2 aromatic rings. The molecule has 2 amide bonds. The normalized spacial score (nSPS) is 10.1. The van der Waals surface area contributed by atoms with Gasteiger partial charge in [-0.2, -0.15) is 0 Å². The summed E-state index contributed by atoms with van der Waals surface area (Å²) in [5, 5.41) is 19.7. The van der Waals surface area contributed by atoms with Crippen molar-refractivity contribution in [2.45, 2.75) is 12.8 Å². The van der Waals surface area contributed by atoms with Crippen molar-refractivity contribution in [1.82, 2.24) is 25.6 Å². The van der Waals surface area contributed by atoms with Crippen LogP contribution in [0.15, 0.2) is 30.5 Å². The molecule has 0 unspecified atom stereocenters. The van der Waals surface area contributed by atoms with Gasteiger partial charge in [0.05, 0.1) is 13.0 Å². The van der Waals surface area contributed by atoms with E-state index in [9.17, 15) is 14.4 Å². The number of carbonyl (C=O) groups excluding carboxylic acids is 2. The summed E-state index contributed by atoms with van der Waals surface area (Å²) in [6.07, 6.45) is 1.70. The minimum Gasteiger partial charge on any atom is -0.481 e. The molecule has 0 aliphatic rings. The zero-order chi connectivity index (χ0) is 21.1. The van der Waals surface area contributed by atoms with Gasteiger partial charge in [-0.15, -0.1) is 0 Å². The van der Waals surface area contributed by atoms with Gasteiger partial charge in [-0.3, -0.25) is 19.4 Å². The first-order valence-corrected chi connectivity index (χ1v) is 8.95. The van der Waals surface area contributed by atoms with Crippen molar-refractivity contribution in [3.8, 4) is 11.5 Å². The highest BCUT2D eigenvalue weighted by atomic mass is 16.4. The number of nitrogens with one attached hydrogen (secondary N) is 4. The number of likely N-dealkylation sites (N-methyl/N-ethyl adjacent to an activating group) is 1. The van der Waals surface area contributed by atoms with Crippen molar-refractivity contribution in [3.05, 3.63) is 30.5 Å². The van der Waals surface area contributed by atoms with Crippen molar-refractivity contribution in [2.24, 2.45) is 0 Å². The molecule has 0 atom stereocenters. The number of carboxylic acid groups (broad SMARTS) is 1. The third-order valence-corrected chi connectivity index (χ3v) is 3.65. The van der Waals surface area contributed by atoms with Crippen LogP contribution >= 0.6 is 0 Å². The van der Waals surface area contributed by atoms with E-state index in [-0.39, 0.29) is 44.3 Å². The Labute approximate surface area is 167 Å². The van der Waals surface area contributed by atoms with E-state index in [2.05, 4.69) is 36.2 Å². The highest BCUT2D eigenvalue weighted by Crippen LogP contribution is 2.18. The Hall–Kier alpha value is -3.76. The predicted octanol–water partition coefficient (Wildman–Crippen LogP) is 0.0894. The smallest absolute Gasteiger partial charge is 0.305 e. The van der Waals surface area contributed by atoms with Crippen LogP contribution in [0.5, 0.6) is 0 Å². The molecule has 0 aromatic carbocycles. The maximum atomic E-state index is 11.8. The summed E-state index contributed by atoms with van der Waals surface area (Å²) in [5.41, 5.74) is 0.556. The van der Waals surface area contributed by atoms with Crippen LogP contribution < -0.4 is 21.3 Å². The Morgan fingerprint density at radius 2 is 1.69 bits per heavy atom. The number of pyridine rings is 1. The largest absolute Gasteiger partial charge is 0.481 e. The molecule has 2 aromatic heterocycles. The van der Waals surface area contributed by atoms with Crippen LogP contribution in [-0.4, -0.2) is 64.5 Å². The maximum absolute atomic E-state index is 11.8. The molecule has 0 saturated heterocycles. The number of amides is 2. The number of nitrogens with zero attached hydrogens (tertiary/aromatic N) is 3. The van der Waals surface area contributed by atoms with Gasteiger partial charge in [-0.25, -0.2) is 9.97 Å². The highest BCUT2D eigenvalue weighted by molar-refractivity contribution is 5.84. The lowest BCUT2D eigenvalue weighted by Gasteiger charge is -2.11. The van der Waals surface area contributed by atoms with E-state index < -0.39 is 5.97 Å². The Morgan fingerprint density at radius 3 is 2.28 bits per heavy atom. The van der Waals surface area contributed by atoms with Crippen LogP contribution in [-0.2, 0) is 14.4 Å². The molecule has 11 heteroatoms. The molecule has 154 valence electrons. The third-order valence-electron chi connectivity index (χ3n) is 3.65. The number of anilines is 2. The average molecular weight is 401 g/mol. The van der Waals surface area contributed by atoms with E-state index in [1.54, 1.807) is 30.5 Å². The molecule has 0 fully saturated rings. The summed E-state index contributed by atoms with van der Waals surface area (Å²) in [5.74, 6) is -0.222. The van der Waals surface area contributed by atoms with Crippen LogP contribution in [0.25, 0.3) is 11.5 Å². The van der Waals surface area contributed by atoms with E-state index in [0.29, 0.717) is 23.2 Å². The Morgan fingerprint density at radius 1 is 1.00 bits per heavy atom. The van der Waals surface area contributed by atoms with Crippen LogP contribution in [0.4, 0.5) is 11.6 Å². The predicted molar refractivity (Wildman–Crippen MR) is 106 cm³/mol. The zero-order valence-electron chi connectivity index (χ0n) is 15.9. The first-order chi connectivity index (χ1) is 14.0. The average Bonchev–Trinajstić information content (AvgIpc) is 2.72. The monoisotopic (exact) mass is 401 g/mol. The Kier molecular flexibility index (Phi) is 8.29. The van der Waals surface area contributed by atoms with Gasteiger partial charge in [-0.1, -0.05) is 6.07 Å². The standard InChI is InChI=1S/C18H23N7O4/c1-19-16(27)11-23-15(26)5-8-21-13-10-14(22-9-6-17(28)29)25-18(24-13)12-4-2-3-7-20-12/h2-4,7,10H,5-6,8-9,11H2,1H3,(H,19,27)(H,23,26)(H,28,29)(H2,21,22,24,25). The number of hydrogen-bond acceptors (Lipinski definition) is 8. The quantitative estimate of drug-likeness (QED) is 0.352. The fourth-order valence-corrected chi connectivity index (χ4v) is 2.20. The van der Waals surface area contributed by atoms with Crippen molar-refractivity contribution >= 4 is 29.4 Å². The van der Waals surface area contributed by atoms with Gasteiger partial charge in [0.25, 0.3) is 0 Å². The molecule has 0 radical (unpaired) electrons. The fourth-order valence-electron chi connectivity index (χ4n) is 2.20. The van der Waals surface area contributed by atoms with Crippen LogP contribution in [0, 0.1) is 0 Å². The lowest BCUT2D eigenvalue weighted by Crippen LogP contribution is -2.35. The minimum absolute atomic E-state index is 0.0583. The molecule has 0 aliphatic carbocycles. The fraction of sp³-hybridized carbons (Fsp3) is 0.333. The van der Waals surface area contributed by atoms with Crippen LogP contribution in [0.3, 0.4) is 0 Å². The first-order valence-electron chi connectivity index (χ1n) is 8.95. The maximum Gasteiger partial charge on any atom is 0.305 e. The number of hydrogen-bond donors (Lipinski definition) is 5. The number of aromatic nitrogens is 3. The number of carbonyl (C=O) groups is 3. The second kappa shape index (κ2) is 11.2. The zero-order valence-corrected chi connectivity index (χ0v) is 15.9. The first kappa shape index (κ1) is 21.5. The summed E-state index contributed by atoms with van der Waals surface area (Å²) in [6.45, 7) is 0.409. The van der Waals surface area contributed by atoms with Crippen molar-refractivity contribution in [1.29, 1.82) is 0 Å². The summed E-state index contributed by atoms with van der Waals surface area (Å²) >= 11 is 0. The highest BCUT2D eigenvalue weighted by Gasteiger charge is 2.09. The molecule has 2 heterocycles.